The third kappa shape index (κ3) is 6.68. The van der Waals surface area contributed by atoms with Gasteiger partial charge in [-0.25, -0.2) is 9.34 Å². The van der Waals surface area contributed by atoms with Gasteiger partial charge in [0, 0.05) is 37.5 Å². The van der Waals surface area contributed by atoms with Gasteiger partial charge in [0.05, 0.1) is 0 Å². The molecule has 0 bridgehead atoms. The van der Waals surface area contributed by atoms with Crippen molar-refractivity contribution in [1.29, 1.82) is 0 Å². The normalized spacial score (nSPS) is 25.9. The topological polar surface area (TPSA) is 6.48 Å². The highest BCUT2D eigenvalue weighted by Gasteiger charge is 2.40. The molecule has 0 heterocycles. The van der Waals surface area contributed by atoms with Crippen molar-refractivity contribution in [3.05, 3.63) is 0 Å². The Bertz CT molecular complexity index is 563. The van der Waals surface area contributed by atoms with Gasteiger partial charge in [0.1, 0.15) is 0 Å². The molecule has 4 rings (SSSR count). The lowest BCUT2D eigenvalue weighted by atomic mass is 9.90. The van der Waals surface area contributed by atoms with Gasteiger partial charge in [-0.05, 0) is 51.4 Å². The van der Waals surface area contributed by atoms with E-state index in [1.807, 2.05) is 0 Å². The standard InChI is InChI=1S/C26H44F3N2P/c27-26(28,29)21-32(30(22-13-5-1-6-14-22)23-15-7-2-8-16-23)31(24-17-9-3-10-18-24)25-19-11-4-12-20-25/h22-25H,1-20H2. The van der Waals surface area contributed by atoms with E-state index in [0.717, 1.165) is 51.4 Å². The molecule has 4 saturated carbocycles. The van der Waals surface area contributed by atoms with Crippen LogP contribution in [-0.2, 0) is 0 Å². The number of hydrogen-bond donors (Lipinski definition) is 0. The minimum Gasteiger partial charge on any atom is -0.240 e. The molecule has 4 aliphatic carbocycles. The molecular weight excluding hydrogens is 428 g/mol. The zero-order valence-electron chi connectivity index (χ0n) is 19.9. The van der Waals surface area contributed by atoms with Crippen LogP contribution in [0.2, 0.25) is 0 Å². The fourth-order valence-corrected chi connectivity index (χ4v) is 9.80. The van der Waals surface area contributed by atoms with Crippen LogP contribution in [0, 0.1) is 5.63 Å². The minimum absolute atomic E-state index is 0.322. The number of rotatable bonds is 4. The number of hydrogen-bond acceptors (Lipinski definition) is 2. The van der Waals surface area contributed by atoms with E-state index in [-0.39, 0.29) is 0 Å². The summed E-state index contributed by atoms with van der Waals surface area (Å²) in [5, 5.41) is 0. The Morgan fingerprint density at radius 2 is 0.719 bits per heavy atom. The van der Waals surface area contributed by atoms with Gasteiger partial charge in [0.15, 0.2) is 0 Å². The van der Waals surface area contributed by atoms with Crippen molar-refractivity contribution in [2.45, 2.75) is 159 Å². The van der Waals surface area contributed by atoms with Crippen LogP contribution in [-0.4, -0.2) is 39.7 Å². The SMILES string of the molecule is FC(F)(F)C#P(N(C1CCCCC1)C1CCCCC1)N(C1CCCCC1)C1CCCCC1. The summed E-state index contributed by atoms with van der Waals surface area (Å²) in [5.74, 6) is 0. The van der Waals surface area contributed by atoms with E-state index >= 15 is 0 Å². The first kappa shape index (κ1) is 24.9. The summed E-state index contributed by atoms with van der Waals surface area (Å²) < 4.78 is 47.4. The highest BCUT2D eigenvalue weighted by Crippen LogP contribution is 2.49. The van der Waals surface area contributed by atoms with Crippen LogP contribution >= 0.6 is 7.68 Å². The lowest BCUT2D eigenvalue weighted by Crippen LogP contribution is -2.48. The van der Waals surface area contributed by atoms with Gasteiger partial charge < -0.3 is 0 Å². The predicted molar refractivity (Wildman–Crippen MR) is 128 cm³/mol. The molecule has 4 fully saturated rings. The van der Waals surface area contributed by atoms with Crippen molar-refractivity contribution in [2.75, 3.05) is 0 Å². The number of alkyl halides is 3. The first-order valence-electron chi connectivity index (χ1n) is 13.7. The van der Waals surface area contributed by atoms with E-state index in [4.69, 9.17) is 0 Å². The molecule has 184 valence electrons. The molecule has 2 nitrogen and oxygen atoms in total. The molecule has 0 atom stereocenters. The van der Waals surface area contributed by atoms with Crippen molar-refractivity contribution < 1.29 is 13.2 Å². The molecule has 0 aromatic heterocycles. The molecule has 0 aromatic rings. The van der Waals surface area contributed by atoms with Crippen LogP contribution in [0.3, 0.4) is 0 Å². The summed E-state index contributed by atoms with van der Waals surface area (Å²) in [6.45, 7) is 0. The first-order valence-corrected chi connectivity index (χ1v) is 15.0. The first-order chi connectivity index (χ1) is 15.5. The van der Waals surface area contributed by atoms with Crippen LogP contribution in [0.1, 0.15) is 128 Å². The fourth-order valence-electron chi connectivity index (χ4n) is 6.95. The van der Waals surface area contributed by atoms with Gasteiger partial charge >= 0.3 is 6.18 Å². The summed E-state index contributed by atoms with van der Waals surface area (Å²) in [6, 6.07) is 1.29. The molecule has 0 saturated heterocycles. The van der Waals surface area contributed by atoms with Crippen molar-refractivity contribution in [2.24, 2.45) is 0 Å². The number of halogens is 3. The van der Waals surface area contributed by atoms with Crippen LogP contribution in [0.4, 0.5) is 13.2 Å². The smallest absolute Gasteiger partial charge is 0.240 e. The maximum Gasteiger partial charge on any atom is 0.456 e. The van der Waals surface area contributed by atoms with E-state index in [1.54, 1.807) is 0 Å². The van der Waals surface area contributed by atoms with Crippen LogP contribution in [0.15, 0.2) is 0 Å². The average Bonchev–Trinajstić information content (AvgIpc) is 2.81. The van der Waals surface area contributed by atoms with Crippen molar-refractivity contribution in [1.82, 2.24) is 9.34 Å². The highest BCUT2D eigenvalue weighted by molar-refractivity contribution is 7.41. The van der Waals surface area contributed by atoms with E-state index < -0.39 is 13.9 Å². The highest BCUT2D eigenvalue weighted by atomic mass is 31.1. The van der Waals surface area contributed by atoms with Gasteiger partial charge in [0.25, 0.3) is 0 Å². The van der Waals surface area contributed by atoms with E-state index in [9.17, 15) is 13.2 Å². The molecule has 0 unspecified atom stereocenters. The van der Waals surface area contributed by atoms with Crippen molar-refractivity contribution in [3.63, 3.8) is 0 Å². The lowest BCUT2D eigenvalue weighted by Gasteiger charge is -2.49. The van der Waals surface area contributed by atoms with Crippen molar-refractivity contribution >= 4 is 7.68 Å². The Balaban J connectivity index is 1.76. The molecule has 6 heteroatoms. The monoisotopic (exact) mass is 472 g/mol. The van der Waals surface area contributed by atoms with Gasteiger partial charge in [0.2, 0.25) is 0 Å². The Kier molecular flexibility index (Phi) is 9.31. The third-order valence-electron chi connectivity index (χ3n) is 8.46. The Morgan fingerprint density at radius 1 is 0.469 bits per heavy atom. The molecule has 0 aromatic carbocycles. The van der Waals surface area contributed by atoms with E-state index in [1.165, 1.54) is 77.0 Å². The van der Waals surface area contributed by atoms with Gasteiger partial charge in [-0.1, -0.05) is 77.0 Å². The van der Waals surface area contributed by atoms with E-state index in [2.05, 4.69) is 15.0 Å². The summed E-state index contributed by atoms with van der Waals surface area (Å²) in [4.78, 5) is 0. The summed E-state index contributed by atoms with van der Waals surface area (Å²) in [6.07, 6.45) is 18.7. The second kappa shape index (κ2) is 12.0. The maximum atomic E-state index is 14.1. The molecule has 0 spiro atoms. The molecule has 0 aliphatic heterocycles. The zero-order chi connectivity index (χ0) is 22.4. The summed E-state index contributed by atoms with van der Waals surface area (Å²) in [7, 11) is -1.58. The fraction of sp³-hybridized carbons (Fsp3) is 0.962. The molecule has 0 amide bonds. The summed E-state index contributed by atoms with van der Waals surface area (Å²) in [5.41, 5.74) is 2.36. The van der Waals surface area contributed by atoms with Crippen LogP contribution in [0.25, 0.3) is 0 Å². The predicted octanol–water partition coefficient (Wildman–Crippen LogP) is 8.75. The summed E-state index contributed by atoms with van der Waals surface area (Å²) >= 11 is 0. The second-order valence-electron chi connectivity index (χ2n) is 10.8. The second-order valence-corrected chi connectivity index (χ2v) is 12.6. The lowest BCUT2D eigenvalue weighted by molar-refractivity contribution is -0.0692. The third-order valence-corrected chi connectivity index (χ3v) is 11.1. The molecule has 0 radical (unpaired) electrons. The average molecular weight is 473 g/mol. The Hall–Kier alpha value is -0.210. The van der Waals surface area contributed by atoms with Gasteiger partial charge in [-0.2, -0.15) is 13.2 Å². The largest absolute Gasteiger partial charge is 0.456 e. The van der Waals surface area contributed by atoms with Crippen molar-refractivity contribution in [3.8, 4) is 5.63 Å². The van der Waals surface area contributed by atoms with Gasteiger partial charge in [-0.15, -0.1) is 0 Å². The quantitative estimate of drug-likeness (QED) is 0.377. The zero-order valence-corrected chi connectivity index (χ0v) is 20.8. The maximum absolute atomic E-state index is 14.1. The molecular formula is C26H44F3N2P. The Morgan fingerprint density at radius 3 is 0.938 bits per heavy atom. The van der Waals surface area contributed by atoms with Crippen LogP contribution < -0.4 is 0 Å². The number of nitrogens with zero attached hydrogens (tertiary/aromatic N) is 2. The Labute approximate surface area is 194 Å². The van der Waals surface area contributed by atoms with Gasteiger partial charge in [-0.3, -0.25) is 0 Å². The minimum atomic E-state index is -4.32. The molecule has 4 aliphatic rings. The van der Waals surface area contributed by atoms with Crippen LogP contribution in [0.5, 0.6) is 0 Å². The molecule has 32 heavy (non-hydrogen) atoms. The molecule has 0 N–H and O–H groups in total. The van der Waals surface area contributed by atoms with E-state index in [0.29, 0.717) is 24.2 Å².